The molecule has 0 saturated heterocycles. The van der Waals surface area contributed by atoms with E-state index in [1.165, 1.54) is 0 Å². The lowest BCUT2D eigenvalue weighted by atomic mass is 10.3. The molecule has 0 aliphatic carbocycles. The first-order valence-corrected chi connectivity index (χ1v) is 8.58. The van der Waals surface area contributed by atoms with Crippen LogP contribution in [0.5, 0.6) is 0 Å². The number of phosphoric ester groups is 1. The highest BCUT2D eigenvalue weighted by molar-refractivity contribution is 7.46. The molecule has 0 aliphatic heterocycles. The quantitative estimate of drug-likeness (QED) is 0.399. The molecule has 2 atom stereocenters. The summed E-state index contributed by atoms with van der Waals surface area (Å²) in [6, 6.07) is 0. The fourth-order valence-corrected chi connectivity index (χ4v) is 1.57. The van der Waals surface area contributed by atoms with Crippen molar-refractivity contribution in [3.05, 3.63) is 0 Å². The molecule has 0 aromatic heterocycles. The Bertz CT molecular complexity index is 262. The van der Waals surface area contributed by atoms with Crippen LogP contribution in [0.25, 0.3) is 0 Å². The van der Waals surface area contributed by atoms with Crippen LogP contribution in [-0.4, -0.2) is 26.2 Å². The van der Waals surface area contributed by atoms with Gasteiger partial charge >= 0.3 is 24.3 Å². The average Bonchev–Trinajstić information content (AvgIpc) is 2.09. The molecule has 0 spiro atoms. The van der Waals surface area contributed by atoms with Gasteiger partial charge < -0.3 is 19.6 Å². The Labute approximate surface area is 99.9 Å². The summed E-state index contributed by atoms with van der Waals surface area (Å²) in [5.74, 6) is 0. The minimum atomic E-state index is -4.21. The topological polar surface area (TPSA) is 151 Å². The first-order chi connectivity index (χ1) is 7.69. The Kier molecular flexibility index (Phi) is 13.4. The van der Waals surface area contributed by atoms with Gasteiger partial charge in [0.25, 0.3) is 0 Å². The van der Waals surface area contributed by atoms with Gasteiger partial charge in [-0.25, -0.2) is 8.88 Å². The first-order valence-electron chi connectivity index (χ1n) is 4.52. The molecule has 0 heterocycles. The molecular weight excluding hydrogens is 297 g/mol. The van der Waals surface area contributed by atoms with Crippen LogP contribution >= 0.6 is 24.3 Å². The monoisotopic (exact) mass is 314 g/mol. The van der Waals surface area contributed by atoms with Crippen molar-refractivity contribution in [2.75, 3.05) is 6.61 Å². The van der Waals surface area contributed by atoms with Gasteiger partial charge in [-0.3, -0.25) is 13.7 Å². The summed E-state index contributed by atoms with van der Waals surface area (Å²) >= 11 is 0. The second-order valence-corrected chi connectivity index (χ2v) is 5.78. The number of phosphoric acid groups is 1. The molecule has 0 radical (unpaired) electrons. The van der Waals surface area contributed by atoms with Crippen LogP contribution in [0.1, 0.15) is 26.2 Å². The van der Waals surface area contributed by atoms with Crippen LogP contribution in [0, 0.1) is 0 Å². The molecule has 0 rings (SSSR count). The van der Waals surface area contributed by atoms with Gasteiger partial charge in [0.2, 0.25) is 0 Å². The van der Waals surface area contributed by atoms with E-state index < -0.39 is 24.3 Å². The van der Waals surface area contributed by atoms with Crippen molar-refractivity contribution < 1.29 is 42.1 Å². The normalized spacial score (nSPS) is 14.6. The molecule has 0 amide bonds. The lowest BCUT2D eigenvalue weighted by Gasteiger charge is -2.02. The lowest BCUT2D eigenvalue weighted by Crippen LogP contribution is -1.91. The van der Waals surface area contributed by atoms with Gasteiger partial charge in [-0.2, -0.15) is 0 Å². The second-order valence-electron chi connectivity index (χ2n) is 2.66. The maximum Gasteiger partial charge on any atom is 0.469 e. The van der Waals surface area contributed by atoms with Gasteiger partial charge in [0.05, 0.1) is 6.61 Å². The summed E-state index contributed by atoms with van der Waals surface area (Å²) in [6.45, 7) is 2.16. The van der Waals surface area contributed by atoms with Crippen LogP contribution in [0.15, 0.2) is 0 Å². The SMILES string of the molecule is CCCCCOP(=O)(O)O.O=[PH](O)O[PH](=O)O. The number of unbranched alkanes of at least 4 members (excludes halogenated alkanes) is 2. The van der Waals surface area contributed by atoms with Gasteiger partial charge in [-0.15, -0.1) is 0 Å². The van der Waals surface area contributed by atoms with Crippen molar-refractivity contribution in [1.82, 2.24) is 0 Å². The molecule has 12 heteroatoms. The van der Waals surface area contributed by atoms with Crippen LogP contribution in [0.4, 0.5) is 0 Å². The molecule has 106 valence electrons. The third kappa shape index (κ3) is 26.2. The summed E-state index contributed by atoms with van der Waals surface area (Å²) in [7, 11) is -10.6. The molecule has 9 nitrogen and oxygen atoms in total. The average molecular weight is 314 g/mol. The summed E-state index contributed by atoms with van der Waals surface area (Å²) in [4.78, 5) is 31.8. The molecule has 4 N–H and O–H groups in total. The zero-order chi connectivity index (χ0) is 13.9. The molecule has 0 aromatic rings. The van der Waals surface area contributed by atoms with Crippen LogP contribution in [0.2, 0.25) is 0 Å². The Morgan fingerprint density at radius 1 is 1.12 bits per heavy atom. The highest BCUT2D eigenvalue weighted by Gasteiger charge is 2.11. The molecule has 0 fully saturated rings. The lowest BCUT2D eigenvalue weighted by molar-refractivity contribution is 0.193. The highest BCUT2D eigenvalue weighted by Crippen LogP contribution is 2.35. The Morgan fingerprint density at radius 3 is 1.82 bits per heavy atom. The summed E-state index contributed by atoms with van der Waals surface area (Å²) in [6.07, 6.45) is 2.67. The molecule has 17 heavy (non-hydrogen) atoms. The van der Waals surface area contributed by atoms with Crippen molar-refractivity contribution in [1.29, 1.82) is 0 Å². The Balaban J connectivity index is 0. The van der Waals surface area contributed by atoms with E-state index in [2.05, 4.69) is 8.83 Å². The summed E-state index contributed by atoms with van der Waals surface area (Å²) < 4.78 is 36.6. The molecule has 2 unspecified atom stereocenters. The summed E-state index contributed by atoms with van der Waals surface area (Å²) in [5.41, 5.74) is 0. The maximum atomic E-state index is 10.1. The van der Waals surface area contributed by atoms with Crippen molar-refractivity contribution >= 4 is 24.3 Å². The van der Waals surface area contributed by atoms with Crippen LogP contribution < -0.4 is 0 Å². The second kappa shape index (κ2) is 11.5. The molecule has 0 saturated carbocycles. The highest BCUT2D eigenvalue weighted by atomic mass is 31.2. The third-order valence-corrected chi connectivity index (χ3v) is 3.10. The van der Waals surface area contributed by atoms with Crippen molar-refractivity contribution in [3.63, 3.8) is 0 Å². The van der Waals surface area contributed by atoms with Gasteiger partial charge in [0, 0.05) is 0 Å². The van der Waals surface area contributed by atoms with Crippen LogP contribution in [-0.2, 0) is 22.5 Å². The Morgan fingerprint density at radius 2 is 1.59 bits per heavy atom. The standard InChI is InChI=1S/C5H13O4P.H4O5P2/c1-2-3-4-5-9-10(6,7)8;1-6(2)5-7(3)4/h2-5H2,1H3,(H2,6,7,8);6-7H,(H,1,2)(H,3,4). The fraction of sp³-hybridized carbons (Fsp3) is 1.00. The van der Waals surface area contributed by atoms with E-state index in [1.54, 1.807) is 0 Å². The minimum Gasteiger partial charge on any atom is -0.326 e. The zero-order valence-corrected chi connectivity index (χ0v) is 12.0. The van der Waals surface area contributed by atoms with E-state index in [4.69, 9.17) is 19.6 Å². The number of rotatable bonds is 7. The van der Waals surface area contributed by atoms with E-state index in [1.807, 2.05) is 6.92 Å². The number of hydrogen-bond donors (Lipinski definition) is 4. The molecule has 0 aromatic carbocycles. The number of hydrogen-bond acceptors (Lipinski definition) is 5. The van der Waals surface area contributed by atoms with E-state index in [0.29, 0.717) is 6.42 Å². The van der Waals surface area contributed by atoms with E-state index in [9.17, 15) is 13.7 Å². The zero-order valence-electron chi connectivity index (χ0n) is 9.11. The predicted octanol–water partition coefficient (Wildman–Crippen LogP) is 1.05. The maximum absolute atomic E-state index is 10.1. The predicted molar refractivity (Wildman–Crippen MR) is 61.0 cm³/mol. The molecule has 0 bridgehead atoms. The van der Waals surface area contributed by atoms with Gasteiger partial charge in [0.1, 0.15) is 0 Å². The van der Waals surface area contributed by atoms with Crippen molar-refractivity contribution in [2.45, 2.75) is 26.2 Å². The summed E-state index contributed by atoms with van der Waals surface area (Å²) in [5, 5.41) is 0. The van der Waals surface area contributed by atoms with E-state index in [-0.39, 0.29) is 6.61 Å². The minimum absolute atomic E-state index is 0.151. The van der Waals surface area contributed by atoms with E-state index >= 15 is 0 Å². The van der Waals surface area contributed by atoms with Crippen molar-refractivity contribution in [2.24, 2.45) is 0 Å². The first kappa shape index (κ1) is 19.8. The van der Waals surface area contributed by atoms with Gasteiger partial charge in [-0.1, -0.05) is 19.8 Å². The molecule has 0 aliphatic rings. The largest absolute Gasteiger partial charge is 0.469 e. The third-order valence-electron chi connectivity index (χ3n) is 1.18. The molecular formula is C5H17O9P3. The fourth-order valence-electron chi connectivity index (χ4n) is 0.610. The smallest absolute Gasteiger partial charge is 0.326 e. The van der Waals surface area contributed by atoms with Crippen LogP contribution in [0.3, 0.4) is 0 Å². The van der Waals surface area contributed by atoms with E-state index in [0.717, 1.165) is 12.8 Å². The van der Waals surface area contributed by atoms with Gasteiger partial charge in [-0.05, 0) is 6.42 Å². The Hall–Kier alpha value is 0.450. The van der Waals surface area contributed by atoms with Crippen molar-refractivity contribution in [3.8, 4) is 0 Å². The van der Waals surface area contributed by atoms with Gasteiger partial charge in [0.15, 0.2) is 0 Å².